The lowest BCUT2D eigenvalue weighted by molar-refractivity contribution is -0.0592. The van der Waals surface area contributed by atoms with Gasteiger partial charge in [-0.3, -0.25) is 9.36 Å². The highest BCUT2D eigenvalue weighted by Crippen LogP contribution is 2.34. The third-order valence-corrected chi connectivity index (χ3v) is 7.15. The SMILES string of the molecule is O=C(Nc1nc(=O)n([C@H]2O[C@@H](COC(=O)c3ccccc3)[C@H](OC(=O)c3ccccc3)[C@H]2F)cc1I)c1ccccc1. The van der Waals surface area contributed by atoms with Crippen molar-refractivity contribution in [3.63, 3.8) is 0 Å². The Balaban J connectivity index is 1.38. The maximum atomic E-state index is 16.0. The van der Waals surface area contributed by atoms with Crippen LogP contribution in [0.4, 0.5) is 10.2 Å². The molecule has 0 unspecified atom stereocenters. The summed E-state index contributed by atoms with van der Waals surface area (Å²) in [6, 6.07) is 24.5. The third kappa shape index (κ3) is 6.55. The van der Waals surface area contributed by atoms with E-state index in [2.05, 4.69) is 10.3 Å². The maximum absolute atomic E-state index is 16.0. The van der Waals surface area contributed by atoms with Gasteiger partial charge in [0, 0.05) is 11.8 Å². The average Bonchev–Trinajstić information content (AvgIpc) is 3.32. The number of halogens is 2. The summed E-state index contributed by atoms with van der Waals surface area (Å²) in [5, 5.41) is 2.57. The Labute approximate surface area is 252 Å². The number of carbonyl (C=O) groups is 3. The molecule has 0 saturated carbocycles. The van der Waals surface area contributed by atoms with Gasteiger partial charge in [0.05, 0.1) is 14.7 Å². The lowest BCUT2D eigenvalue weighted by Crippen LogP contribution is -2.38. The molecule has 4 aromatic rings. The fourth-order valence-corrected chi connectivity index (χ4v) is 4.81. The first-order chi connectivity index (χ1) is 20.3. The highest BCUT2D eigenvalue weighted by Gasteiger charge is 2.50. The second-order valence-electron chi connectivity index (χ2n) is 9.16. The summed E-state index contributed by atoms with van der Waals surface area (Å²) in [4.78, 5) is 54.8. The number of aromatic nitrogens is 2. The quantitative estimate of drug-likeness (QED) is 0.214. The Morgan fingerprint density at radius 2 is 1.43 bits per heavy atom. The molecule has 1 aromatic heterocycles. The third-order valence-electron chi connectivity index (χ3n) is 6.36. The maximum Gasteiger partial charge on any atom is 0.351 e. The Morgan fingerprint density at radius 1 is 0.881 bits per heavy atom. The number of rotatable bonds is 8. The Morgan fingerprint density at radius 3 is 2.02 bits per heavy atom. The molecule has 0 spiro atoms. The van der Waals surface area contributed by atoms with Crippen LogP contribution in [-0.4, -0.2) is 52.4 Å². The zero-order valence-electron chi connectivity index (χ0n) is 21.8. The Hall–Kier alpha value is -4.43. The number of hydrogen-bond acceptors (Lipinski definition) is 8. The Bertz CT molecular complexity index is 1640. The molecule has 10 nitrogen and oxygen atoms in total. The van der Waals surface area contributed by atoms with E-state index in [-0.39, 0.29) is 16.9 Å². The van der Waals surface area contributed by atoms with Gasteiger partial charge in [-0.1, -0.05) is 54.6 Å². The summed E-state index contributed by atoms with van der Waals surface area (Å²) < 4.78 is 33.8. The minimum atomic E-state index is -2.03. The van der Waals surface area contributed by atoms with E-state index >= 15 is 4.39 Å². The fourth-order valence-electron chi connectivity index (χ4n) is 4.26. The van der Waals surface area contributed by atoms with Crippen molar-refractivity contribution in [2.24, 2.45) is 0 Å². The van der Waals surface area contributed by atoms with Crippen molar-refractivity contribution in [3.8, 4) is 0 Å². The minimum Gasteiger partial charge on any atom is -0.459 e. The molecule has 12 heteroatoms. The van der Waals surface area contributed by atoms with E-state index in [0.29, 0.717) is 9.13 Å². The first kappa shape index (κ1) is 29.1. The first-order valence-corrected chi connectivity index (χ1v) is 13.8. The van der Waals surface area contributed by atoms with Crippen LogP contribution in [0.2, 0.25) is 0 Å². The van der Waals surface area contributed by atoms with Gasteiger partial charge >= 0.3 is 17.6 Å². The molecule has 2 heterocycles. The van der Waals surface area contributed by atoms with E-state index < -0.39 is 54.7 Å². The molecule has 1 fully saturated rings. The molecule has 5 rings (SSSR count). The molecule has 1 amide bonds. The van der Waals surface area contributed by atoms with E-state index in [1.54, 1.807) is 78.9 Å². The topological polar surface area (TPSA) is 126 Å². The summed E-state index contributed by atoms with van der Waals surface area (Å²) in [6.45, 7) is -0.456. The van der Waals surface area contributed by atoms with Gasteiger partial charge in [-0.05, 0) is 59.0 Å². The van der Waals surface area contributed by atoms with Gasteiger partial charge < -0.3 is 19.5 Å². The van der Waals surface area contributed by atoms with Crippen LogP contribution in [0.15, 0.2) is 102 Å². The molecule has 3 aromatic carbocycles. The number of nitrogens with zero attached hydrogens (tertiary/aromatic N) is 2. The van der Waals surface area contributed by atoms with Crippen molar-refractivity contribution in [1.29, 1.82) is 0 Å². The van der Waals surface area contributed by atoms with Crippen molar-refractivity contribution in [1.82, 2.24) is 9.55 Å². The van der Waals surface area contributed by atoms with E-state index in [0.717, 1.165) is 4.57 Å². The number of alkyl halides is 1. The first-order valence-electron chi connectivity index (χ1n) is 12.7. The van der Waals surface area contributed by atoms with Gasteiger partial charge in [0.25, 0.3) is 5.91 Å². The van der Waals surface area contributed by atoms with Crippen LogP contribution in [0.5, 0.6) is 0 Å². The van der Waals surface area contributed by atoms with Crippen molar-refractivity contribution < 1.29 is 33.0 Å². The molecule has 0 aliphatic carbocycles. The van der Waals surface area contributed by atoms with Crippen LogP contribution < -0.4 is 11.0 Å². The molecule has 4 atom stereocenters. The molecule has 1 saturated heterocycles. The largest absolute Gasteiger partial charge is 0.459 e. The number of anilines is 1. The van der Waals surface area contributed by atoms with E-state index in [1.807, 2.05) is 22.6 Å². The fraction of sp³-hybridized carbons (Fsp3) is 0.167. The van der Waals surface area contributed by atoms with Gasteiger partial charge in [-0.25, -0.2) is 18.8 Å². The number of nitrogens with one attached hydrogen (secondary N) is 1. The molecule has 1 aliphatic rings. The molecule has 214 valence electrons. The van der Waals surface area contributed by atoms with Crippen LogP contribution in [0, 0.1) is 3.57 Å². The molecule has 0 bridgehead atoms. The van der Waals surface area contributed by atoms with E-state index in [4.69, 9.17) is 14.2 Å². The van der Waals surface area contributed by atoms with E-state index in [9.17, 15) is 19.2 Å². The highest BCUT2D eigenvalue weighted by molar-refractivity contribution is 14.1. The summed E-state index contributed by atoms with van der Waals surface area (Å²) in [5.74, 6) is -1.99. The van der Waals surface area contributed by atoms with Crippen LogP contribution in [0.3, 0.4) is 0 Å². The van der Waals surface area contributed by atoms with Crippen LogP contribution in [0.1, 0.15) is 37.3 Å². The molecule has 0 radical (unpaired) electrons. The Kier molecular flexibility index (Phi) is 9.03. The molecule has 42 heavy (non-hydrogen) atoms. The molecular formula is C30H23FIN3O7. The molecular weight excluding hydrogens is 660 g/mol. The van der Waals surface area contributed by atoms with Crippen molar-refractivity contribution >= 4 is 46.3 Å². The predicted octanol–water partition coefficient (Wildman–Crippen LogP) is 4.42. The normalized spacial score (nSPS) is 19.6. The minimum absolute atomic E-state index is 0.0143. The van der Waals surface area contributed by atoms with Gasteiger partial charge in [0.15, 0.2) is 24.3 Å². The number of esters is 2. The van der Waals surface area contributed by atoms with Gasteiger partial charge in [-0.15, -0.1) is 0 Å². The van der Waals surface area contributed by atoms with Gasteiger partial charge in [0.1, 0.15) is 12.7 Å². The zero-order valence-corrected chi connectivity index (χ0v) is 23.9. The number of carbonyl (C=O) groups excluding carboxylic acids is 3. The standard InChI is InChI=1S/C30H23FIN3O7/c31-23-24(42-29(38)20-14-8-3-9-15-20)22(17-40-28(37)19-12-6-2-7-13-19)41-27(23)35-16-21(32)25(34-30(35)39)33-26(36)18-10-4-1-5-11-18/h1-16,22-24,27H,17H2,(H,33,34,36,39)/t22-,23+,24-,27-/m0/s1. The average molecular weight is 683 g/mol. The smallest absolute Gasteiger partial charge is 0.351 e. The second-order valence-corrected chi connectivity index (χ2v) is 10.3. The van der Waals surface area contributed by atoms with Crippen LogP contribution >= 0.6 is 22.6 Å². The number of amides is 1. The molecule has 1 aliphatic heterocycles. The lowest BCUT2D eigenvalue weighted by atomic mass is 10.1. The van der Waals surface area contributed by atoms with Crippen molar-refractivity contribution in [3.05, 3.63) is 128 Å². The summed E-state index contributed by atoms with van der Waals surface area (Å²) in [5.41, 5.74) is -0.107. The summed E-state index contributed by atoms with van der Waals surface area (Å²) >= 11 is 1.85. The van der Waals surface area contributed by atoms with Gasteiger partial charge in [-0.2, -0.15) is 4.98 Å². The monoisotopic (exact) mass is 683 g/mol. The van der Waals surface area contributed by atoms with Crippen molar-refractivity contribution in [2.45, 2.75) is 24.6 Å². The van der Waals surface area contributed by atoms with Crippen LogP contribution in [0.25, 0.3) is 0 Å². The number of ether oxygens (including phenoxy) is 3. The van der Waals surface area contributed by atoms with Crippen molar-refractivity contribution in [2.75, 3.05) is 11.9 Å². The van der Waals surface area contributed by atoms with E-state index in [1.165, 1.54) is 18.3 Å². The zero-order chi connectivity index (χ0) is 29.6. The van der Waals surface area contributed by atoms with Crippen LogP contribution in [-0.2, 0) is 14.2 Å². The lowest BCUT2D eigenvalue weighted by Gasteiger charge is -2.19. The number of hydrogen-bond donors (Lipinski definition) is 1. The number of benzene rings is 3. The molecule has 1 N–H and O–H groups in total. The highest BCUT2D eigenvalue weighted by atomic mass is 127. The van der Waals surface area contributed by atoms with Gasteiger partial charge in [0.2, 0.25) is 0 Å². The summed E-state index contributed by atoms with van der Waals surface area (Å²) in [7, 11) is 0. The summed E-state index contributed by atoms with van der Waals surface area (Å²) in [6.07, 6.45) is -5.08. The second kappa shape index (κ2) is 13.0. The predicted molar refractivity (Wildman–Crippen MR) is 157 cm³/mol.